The lowest BCUT2D eigenvalue weighted by molar-refractivity contribution is -0.146. The van der Waals surface area contributed by atoms with Crippen molar-refractivity contribution in [3.8, 4) is 0 Å². The second-order valence-electron chi connectivity index (χ2n) is 6.09. The van der Waals surface area contributed by atoms with Gasteiger partial charge in [-0.15, -0.1) is 0 Å². The van der Waals surface area contributed by atoms with Gasteiger partial charge in [0.1, 0.15) is 0 Å². The van der Waals surface area contributed by atoms with Crippen molar-refractivity contribution in [2.45, 2.75) is 11.3 Å². The molecule has 0 aliphatic carbocycles. The van der Waals surface area contributed by atoms with Crippen molar-refractivity contribution in [3.05, 3.63) is 72.3 Å². The fourth-order valence-corrected chi connectivity index (χ4v) is 3.24. The van der Waals surface area contributed by atoms with Crippen LogP contribution in [0.1, 0.15) is 5.56 Å². The molecule has 0 aliphatic heterocycles. The molecule has 7 nitrogen and oxygen atoms in total. The van der Waals surface area contributed by atoms with Crippen LogP contribution in [0.5, 0.6) is 0 Å². The van der Waals surface area contributed by atoms with Crippen molar-refractivity contribution in [1.82, 2.24) is 0 Å². The number of ether oxygens (including phenoxy) is 1. The molecule has 0 saturated carbocycles. The van der Waals surface area contributed by atoms with Crippen LogP contribution in [0.3, 0.4) is 0 Å². The highest BCUT2D eigenvalue weighted by atomic mass is 32.2. The summed E-state index contributed by atoms with van der Waals surface area (Å²) in [6.45, 7) is -0.444. The first-order valence-corrected chi connectivity index (χ1v) is 9.92. The predicted octanol–water partition coefficient (Wildman–Crippen LogP) is 2.21. The van der Waals surface area contributed by atoms with E-state index in [1.54, 1.807) is 0 Å². The Balaban J connectivity index is 1.55. The Kier molecular flexibility index (Phi) is 5.72. The molecule has 0 radical (unpaired) electrons. The average molecular weight is 398 g/mol. The minimum atomic E-state index is -3.80. The molecule has 0 spiro atoms. The smallest absolute Gasteiger partial charge is 0.310 e. The van der Waals surface area contributed by atoms with E-state index in [-0.39, 0.29) is 11.3 Å². The third kappa shape index (κ3) is 4.93. The maximum Gasteiger partial charge on any atom is 0.310 e. The van der Waals surface area contributed by atoms with E-state index >= 15 is 0 Å². The SMILES string of the molecule is NS(=O)(=O)c1ccc(NC(=O)COC(=O)Cc2cccc3ccccc23)cc1. The Morgan fingerprint density at radius 2 is 1.61 bits per heavy atom. The summed E-state index contributed by atoms with van der Waals surface area (Å²) >= 11 is 0. The Morgan fingerprint density at radius 3 is 2.32 bits per heavy atom. The summed E-state index contributed by atoms with van der Waals surface area (Å²) in [6.07, 6.45) is 0.0533. The number of benzene rings is 3. The molecule has 0 atom stereocenters. The zero-order valence-corrected chi connectivity index (χ0v) is 15.6. The highest BCUT2D eigenvalue weighted by molar-refractivity contribution is 7.89. The normalized spacial score (nSPS) is 11.2. The van der Waals surface area contributed by atoms with Crippen molar-refractivity contribution >= 4 is 38.4 Å². The highest BCUT2D eigenvalue weighted by Gasteiger charge is 2.12. The molecule has 144 valence electrons. The van der Waals surface area contributed by atoms with Crippen LogP contribution >= 0.6 is 0 Å². The largest absolute Gasteiger partial charge is 0.455 e. The molecule has 0 aromatic heterocycles. The Morgan fingerprint density at radius 1 is 0.929 bits per heavy atom. The average Bonchev–Trinajstić information content (AvgIpc) is 2.66. The number of amides is 1. The molecule has 3 N–H and O–H groups in total. The number of hydrogen-bond donors (Lipinski definition) is 2. The molecular weight excluding hydrogens is 380 g/mol. The van der Waals surface area contributed by atoms with Crippen molar-refractivity contribution < 1.29 is 22.7 Å². The van der Waals surface area contributed by atoms with Crippen LogP contribution in [0.25, 0.3) is 10.8 Å². The van der Waals surface area contributed by atoms with Crippen molar-refractivity contribution in [2.24, 2.45) is 5.14 Å². The van der Waals surface area contributed by atoms with Crippen LogP contribution in [0.15, 0.2) is 71.6 Å². The molecule has 3 aromatic rings. The van der Waals surface area contributed by atoms with E-state index in [1.165, 1.54) is 24.3 Å². The summed E-state index contributed by atoms with van der Waals surface area (Å²) in [5.41, 5.74) is 1.18. The van der Waals surface area contributed by atoms with Crippen LogP contribution in [-0.2, 0) is 30.8 Å². The van der Waals surface area contributed by atoms with Gasteiger partial charge in [-0.1, -0.05) is 42.5 Å². The summed E-state index contributed by atoms with van der Waals surface area (Å²) < 4.78 is 27.5. The molecule has 3 rings (SSSR count). The fourth-order valence-electron chi connectivity index (χ4n) is 2.72. The zero-order chi connectivity index (χ0) is 20.1. The summed E-state index contributed by atoms with van der Waals surface area (Å²) in [5, 5.41) is 9.51. The second kappa shape index (κ2) is 8.20. The van der Waals surface area contributed by atoms with E-state index in [0.717, 1.165) is 16.3 Å². The van der Waals surface area contributed by atoms with Gasteiger partial charge in [0.05, 0.1) is 11.3 Å². The molecule has 0 unspecified atom stereocenters. The van der Waals surface area contributed by atoms with Crippen LogP contribution in [0.4, 0.5) is 5.69 Å². The Hall–Kier alpha value is -3.23. The van der Waals surface area contributed by atoms with Gasteiger partial charge in [0.15, 0.2) is 6.61 Å². The maximum absolute atomic E-state index is 12.1. The third-order valence-corrected chi connectivity index (χ3v) is 4.97. The number of rotatable bonds is 6. The minimum absolute atomic E-state index is 0.0533. The fraction of sp³-hybridized carbons (Fsp3) is 0.100. The molecule has 0 heterocycles. The predicted molar refractivity (Wildman–Crippen MR) is 105 cm³/mol. The number of primary sulfonamides is 1. The Bertz CT molecular complexity index is 1120. The number of sulfonamides is 1. The van der Waals surface area contributed by atoms with Gasteiger partial charge in [-0.25, -0.2) is 13.6 Å². The van der Waals surface area contributed by atoms with Crippen LogP contribution < -0.4 is 10.5 Å². The lowest BCUT2D eigenvalue weighted by Gasteiger charge is -2.08. The zero-order valence-electron chi connectivity index (χ0n) is 14.8. The monoisotopic (exact) mass is 398 g/mol. The van der Waals surface area contributed by atoms with E-state index in [2.05, 4.69) is 5.32 Å². The number of hydrogen-bond acceptors (Lipinski definition) is 5. The van der Waals surface area contributed by atoms with Gasteiger partial charge in [-0.2, -0.15) is 0 Å². The van der Waals surface area contributed by atoms with Crippen molar-refractivity contribution in [2.75, 3.05) is 11.9 Å². The molecule has 0 fully saturated rings. The lowest BCUT2D eigenvalue weighted by Crippen LogP contribution is -2.21. The van der Waals surface area contributed by atoms with Gasteiger partial charge in [0.25, 0.3) is 5.91 Å². The first-order valence-electron chi connectivity index (χ1n) is 8.38. The third-order valence-electron chi connectivity index (χ3n) is 4.05. The first-order chi connectivity index (χ1) is 13.3. The van der Waals surface area contributed by atoms with Gasteiger partial charge in [-0.3, -0.25) is 9.59 Å². The molecule has 3 aromatic carbocycles. The first kappa shape index (κ1) is 19.5. The molecule has 0 aliphatic rings. The van der Waals surface area contributed by atoms with Crippen LogP contribution in [-0.4, -0.2) is 26.9 Å². The molecule has 1 amide bonds. The quantitative estimate of drug-likeness (QED) is 0.618. The van der Waals surface area contributed by atoms with E-state index in [1.807, 2.05) is 42.5 Å². The molecule has 0 saturated heterocycles. The lowest BCUT2D eigenvalue weighted by atomic mass is 10.0. The molecule has 8 heteroatoms. The van der Waals surface area contributed by atoms with Gasteiger partial charge in [0, 0.05) is 5.69 Å². The van der Waals surface area contributed by atoms with Crippen LogP contribution in [0, 0.1) is 0 Å². The second-order valence-corrected chi connectivity index (χ2v) is 7.65. The van der Waals surface area contributed by atoms with Crippen molar-refractivity contribution in [1.29, 1.82) is 0 Å². The van der Waals surface area contributed by atoms with Crippen molar-refractivity contribution in [3.63, 3.8) is 0 Å². The van der Waals surface area contributed by atoms with Gasteiger partial charge in [0.2, 0.25) is 10.0 Å². The standard InChI is InChI=1S/C20H18N2O5S/c21-28(25,26)17-10-8-16(9-11-17)22-19(23)13-27-20(24)12-15-6-3-5-14-4-1-2-7-18(14)15/h1-11H,12-13H2,(H,22,23)(H2,21,25,26). The number of anilines is 1. The minimum Gasteiger partial charge on any atom is -0.455 e. The van der Waals surface area contributed by atoms with Gasteiger partial charge >= 0.3 is 5.97 Å². The highest BCUT2D eigenvalue weighted by Crippen LogP contribution is 2.19. The van der Waals surface area contributed by atoms with E-state index in [4.69, 9.17) is 9.88 Å². The molecular formula is C20H18N2O5S. The number of fused-ring (bicyclic) bond motifs is 1. The summed E-state index contributed by atoms with van der Waals surface area (Å²) in [5.74, 6) is -1.05. The van der Waals surface area contributed by atoms with E-state index in [0.29, 0.717) is 5.69 Å². The topological polar surface area (TPSA) is 116 Å². The van der Waals surface area contributed by atoms with Gasteiger partial charge in [-0.05, 0) is 40.6 Å². The molecule has 28 heavy (non-hydrogen) atoms. The number of carbonyl (C=O) groups is 2. The summed E-state index contributed by atoms with van der Waals surface area (Å²) in [7, 11) is -3.80. The number of nitrogens with one attached hydrogen (secondary N) is 1. The number of esters is 1. The van der Waals surface area contributed by atoms with E-state index in [9.17, 15) is 18.0 Å². The van der Waals surface area contributed by atoms with Gasteiger partial charge < -0.3 is 10.1 Å². The number of nitrogens with two attached hydrogens (primary N) is 1. The molecule has 0 bridgehead atoms. The van der Waals surface area contributed by atoms with Crippen LogP contribution in [0.2, 0.25) is 0 Å². The maximum atomic E-state index is 12.1. The van der Waals surface area contributed by atoms with E-state index < -0.39 is 28.5 Å². The summed E-state index contributed by atoms with van der Waals surface area (Å²) in [4.78, 5) is 24.0. The summed E-state index contributed by atoms with van der Waals surface area (Å²) in [6, 6.07) is 18.7. The Labute approximate surface area is 162 Å². The number of carbonyl (C=O) groups excluding carboxylic acids is 2.